The molecule has 3 saturated heterocycles. The van der Waals surface area contributed by atoms with Gasteiger partial charge in [0.15, 0.2) is 0 Å². The smallest absolute Gasteiger partial charge is 0.143 e. The van der Waals surface area contributed by atoms with E-state index in [0.29, 0.717) is 37.2 Å². The fourth-order valence-corrected chi connectivity index (χ4v) is 4.92. The molecule has 0 spiro atoms. The van der Waals surface area contributed by atoms with E-state index in [9.17, 15) is 0 Å². The van der Waals surface area contributed by atoms with Gasteiger partial charge in [0, 0.05) is 24.4 Å². The largest absolute Gasteiger partial charge is 0.377 e. The number of aromatic amines is 1. The molecule has 3 N–H and O–H groups in total. The number of H-pyrrole nitrogens is 1. The molecular formula is C22H32N6O2. The van der Waals surface area contributed by atoms with E-state index in [1.54, 1.807) is 6.20 Å². The van der Waals surface area contributed by atoms with Crippen LogP contribution in [0, 0.1) is 5.41 Å². The number of nitrogens with zero attached hydrogens (tertiary/aromatic N) is 3. The molecule has 0 aromatic carbocycles. The van der Waals surface area contributed by atoms with Gasteiger partial charge in [-0.3, -0.25) is 5.10 Å². The maximum Gasteiger partial charge on any atom is 0.143 e. The number of nitrogens with one attached hydrogen (secondary N) is 3. The minimum Gasteiger partial charge on any atom is -0.377 e. The lowest BCUT2D eigenvalue weighted by Gasteiger charge is -2.36. The molecule has 3 aliphatic rings. The van der Waals surface area contributed by atoms with Crippen LogP contribution in [0.2, 0.25) is 0 Å². The molecule has 0 saturated carbocycles. The summed E-state index contributed by atoms with van der Waals surface area (Å²) in [6, 6.07) is 4.34. The molecule has 2 aromatic heterocycles. The topological polar surface area (TPSA) is 99.1 Å². The fourth-order valence-electron chi connectivity index (χ4n) is 4.92. The van der Waals surface area contributed by atoms with Gasteiger partial charge in [0.05, 0.1) is 37.7 Å². The van der Waals surface area contributed by atoms with Crippen molar-refractivity contribution in [1.82, 2.24) is 15.2 Å². The highest BCUT2D eigenvalue weighted by Crippen LogP contribution is 2.43. The molecule has 3 aliphatic heterocycles. The molecule has 0 radical (unpaired) electrons. The van der Waals surface area contributed by atoms with Crippen LogP contribution in [0.15, 0.2) is 18.3 Å². The molecule has 0 amide bonds. The molecule has 30 heavy (non-hydrogen) atoms. The van der Waals surface area contributed by atoms with Gasteiger partial charge in [-0.1, -0.05) is 7.43 Å². The van der Waals surface area contributed by atoms with Crippen LogP contribution in [0.5, 0.6) is 0 Å². The summed E-state index contributed by atoms with van der Waals surface area (Å²) < 4.78 is 11.7. The van der Waals surface area contributed by atoms with E-state index in [1.807, 2.05) is 6.07 Å². The standard InChI is InChI=1S/C21H28N6O2.CH4/c1-13-12-28-7-6-27(13)20-10-17(14-8-15-2-3-16(9-14)29-15)18(11-22)21(25-20)24-19-4-5-23-26-19;/h4-5,10-11,13-16,22H,2-3,6-9,12H2,1H3,(H2,23,24,25,26);1H4/t13?,14?,15-,16?;/m0./s1. The van der Waals surface area contributed by atoms with Gasteiger partial charge in [0.2, 0.25) is 0 Å². The summed E-state index contributed by atoms with van der Waals surface area (Å²) in [6.07, 6.45) is 8.17. The summed E-state index contributed by atoms with van der Waals surface area (Å²) in [5, 5.41) is 18.5. The van der Waals surface area contributed by atoms with Crippen molar-refractivity contribution in [2.45, 2.75) is 64.2 Å². The third-order valence-corrected chi connectivity index (χ3v) is 6.37. The highest BCUT2D eigenvalue weighted by Gasteiger charge is 2.37. The van der Waals surface area contributed by atoms with E-state index in [1.165, 1.54) is 11.8 Å². The van der Waals surface area contributed by atoms with Crippen molar-refractivity contribution >= 4 is 23.7 Å². The normalized spacial score (nSPS) is 28.1. The molecule has 0 aliphatic carbocycles. The van der Waals surface area contributed by atoms with Crippen molar-refractivity contribution in [3.8, 4) is 0 Å². The average Bonchev–Trinajstić information content (AvgIpc) is 3.36. The second-order valence-corrected chi connectivity index (χ2v) is 8.31. The number of hydrogen-bond acceptors (Lipinski definition) is 7. The summed E-state index contributed by atoms with van der Waals surface area (Å²) in [5.74, 6) is 2.81. The van der Waals surface area contributed by atoms with Gasteiger partial charge in [0.1, 0.15) is 17.5 Å². The van der Waals surface area contributed by atoms with Gasteiger partial charge in [-0.15, -0.1) is 0 Å². The van der Waals surface area contributed by atoms with E-state index >= 15 is 0 Å². The van der Waals surface area contributed by atoms with Crippen LogP contribution >= 0.6 is 0 Å². The zero-order valence-electron chi connectivity index (χ0n) is 16.7. The van der Waals surface area contributed by atoms with E-state index in [4.69, 9.17) is 19.9 Å². The van der Waals surface area contributed by atoms with Crippen LogP contribution in [0.25, 0.3) is 0 Å². The highest BCUT2D eigenvalue weighted by molar-refractivity contribution is 5.89. The second kappa shape index (κ2) is 8.73. The van der Waals surface area contributed by atoms with Crippen molar-refractivity contribution in [3.05, 3.63) is 29.5 Å². The zero-order chi connectivity index (χ0) is 19.8. The van der Waals surface area contributed by atoms with Crippen molar-refractivity contribution < 1.29 is 9.47 Å². The molecule has 2 aromatic rings. The summed E-state index contributed by atoms with van der Waals surface area (Å²) in [5.41, 5.74) is 2.06. The molecule has 162 valence electrons. The Labute approximate surface area is 177 Å². The number of aromatic nitrogens is 3. The van der Waals surface area contributed by atoms with Crippen LogP contribution < -0.4 is 10.2 Å². The number of rotatable bonds is 5. The number of fused-ring (bicyclic) bond motifs is 2. The lowest BCUT2D eigenvalue weighted by Crippen LogP contribution is -2.44. The number of pyridine rings is 1. The number of hydrogen-bond donors (Lipinski definition) is 3. The first-order valence-electron chi connectivity index (χ1n) is 10.5. The SMILES string of the molecule is C.CC1COCCN1c1cc(C2CC3CC[C@@H](C2)O3)c(C=N)c(Nc2ccn[nH]2)n1. The van der Waals surface area contributed by atoms with Crippen LogP contribution in [-0.4, -0.2) is 59.4 Å². The predicted molar refractivity (Wildman–Crippen MR) is 118 cm³/mol. The van der Waals surface area contributed by atoms with Crippen molar-refractivity contribution in [3.63, 3.8) is 0 Å². The third kappa shape index (κ3) is 3.94. The van der Waals surface area contributed by atoms with Crippen LogP contribution in [-0.2, 0) is 9.47 Å². The predicted octanol–water partition coefficient (Wildman–Crippen LogP) is 3.83. The molecule has 2 bridgehead atoms. The van der Waals surface area contributed by atoms with Crippen molar-refractivity contribution in [2.75, 3.05) is 30.0 Å². The van der Waals surface area contributed by atoms with Crippen LogP contribution in [0.1, 0.15) is 57.1 Å². The Morgan fingerprint density at radius 1 is 1.30 bits per heavy atom. The maximum atomic E-state index is 8.15. The number of ether oxygens (including phenoxy) is 2. The first-order valence-corrected chi connectivity index (χ1v) is 10.5. The Bertz CT molecular complexity index is 859. The lowest BCUT2D eigenvalue weighted by molar-refractivity contribution is -0.00381. The fraction of sp³-hybridized carbons (Fsp3) is 0.591. The Morgan fingerprint density at radius 3 is 2.77 bits per heavy atom. The zero-order valence-corrected chi connectivity index (χ0v) is 16.7. The molecule has 5 rings (SSSR count). The Kier molecular flexibility index (Phi) is 6.06. The first kappa shape index (κ1) is 20.8. The average molecular weight is 413 g/mol. The van der Waals surface area contributed by atoms with Gasteiger partial charge in [-0.25, -0.2) is 4.98 Å². The molecule has 8 heteroatoms. The van der Waals surface area contributed by atoms with Gasteiger partial charge in [0.25, 0.3) is 0 Å². The number of anilines is 3. The van der Waals surface area contributed by atoms with Crippen molar-refractivity contribution in [1.29, 1.82) is 5.41 Å². The van der Waals surface area contributed by atoms with Gasteiger partial charge >= 0.3 is 0 Å². The third-order valence-electron chi connectivity index (χ3n) is 6.37. The molecule has 5 heterocycles. The molecule has 8 nitrogen and oxygen atoms in total. The quantitative estimate of drug-likeness (QED) is 0.646. The van der Waals surface area contributed by atoms with E-state index in [0.717, 1.165) is 49.4 Å². The Hall–Kier alpha value is -2.45. The lowest BCUT2D eigenvalue weighted by atomic mass is 9.86. The van der Waals surface area contributed by atoms with Gasteiger partial charge in [-0.05, 0) is 50.2 Å². The monoisotopic (exact) mass is 412 g/mol. The van der Waals surface area contributed by atoms with E-state index in [2.05, 4.69) is 33.4 Å². The highest BCUT2D eigenvalue weighted by atomic mass is 16.5. The first-order chi connectivity index (χ1) is 14.2. The van der Waals surface area contributed by atoms with E-state index in [-0.39, 0.29) is 13.5 Å². The minimum absolute atomic E-state index is 0. The minimum atomic E-state index is 0. The second-order valence-electron chi connectivity index (χ2n) is 8.31. The van der Waals surface area contributed by atoms with Crippen molar-refractivity contribution in [2.24, 2.45) is 0 Å². The number of morpholine rings is 1. The molecule has 4 atom stereocenters. The Morgan fingerprint density at radius 2 is 2.10 bits per heavy atom. The van der Waals surface area contributed by atoms with Gasteiger partial charge < -0.3 is 25.1 Å². The van der Waals surface area contributed by atoms with Crippen LogP contribution in [0.3, 0.4) is 0 Å². The van der Waals surface area contributed by atoms with Gasteiger partial charge in [-0.2, -0.15) is 5.10 Å². The molecular weight excluding hydrogens is 380 g/mol. The summed E-state index contributed by atoms with van der Waals surface area (Å²) in [4.78, 5) is 7.24. The maximum absolute atomic E-state index is 8.15. The van der Waals surface area contributed by atoms with E-state index < -0.39 is 0 Å². The molecule has 3 fully saturated rings. The summed E-state index contributed by atoms with van der Waals surface area (Å²) >= 11 is 0. The molecule has 3 unspecified atom stereocenters. The summed E-state index contributed by atoms with van der Waals surface area (Å²) in [6.45, 7) is 4.40. The van der Waals surface area contributed by atoms with Crippen LogP contribution in [0.4, 0.5) is 17.5 Å². The Balaban J connectivity index is 0.00000218. The summed E-state index contributed by atoms with van der Waals surface area (Å²) in [7, 11) is 0.